The number of ether oxygens (including phenoxy) is 1. The average Bonchev–Trinajstić information content (AvgIpc) is 2.68. The second kappa shape index (κ2) is 6.43. The molecule has 1 aromatic carbocycles. The number of halogens is 1. The van der Waals surface area contributed by atoms with Gasteiger partial charge in [0.25, 0.3) is 5.56 Å². The van der Waals surface area contributed by atoms with Gasteiger partial charge >= 0.3 is 0 Å². The number of hydrogen-bond acceptors (Lipinski definition) is 5. The predicted octanol–water partition coefficient (Wildman–Crippen LogP) is 1.59. The highest BCUT2D eigenvalue weighted by atomic mass is 32.2. The van der Waals surface area contributed by atoms with E-state index < -0.39 is 21.4 Å². The highest BCUT2D eigenvalue weighted by Crippen LogP contribution is 2.25. The number of fused-ring (bicyclic) bond motifs is 2. The largest absolute Gasteiger partial charge is 0.497 e. The average molecular weight is 389 g/mol. The van der Waals surface area contributed by atoms with E-state index in [1.807, 2.05) is 0 Å². The van der Waals surface area contributed by atoms with Gasteiger partial charge in [-0.15, -0.1) is 0 Å². The van der Waals surface area contributed by atoms with E-state index in [2.05, 4.69) is 4.98 Å². The lowest BCUT2D eigenvalue weighted by Gasteiger charge is -2.27. The summed E-state index contributed by atoms with van der Waals surface area (Å²) < 4.78 is 46.9. The molecule has 0 saturated heterocycles. The first kappa shape index (κ1) is 17.6. The molecule has 27 heavy (non-hydrogen) atoms. The zero-order chi connectivity index (χ0) is 19.2. The van der Waals surface area contributed by atoms with E-state index in [-0.39, 0.29) is 23.5 Å². The molecule has 7 nitrogen and oxygen atoms in total. The van der Waals surface area contributed by atoms with Crippen LogP contribution >= 0.6 is 0 Å². The SMILES string of the molecule is COc1cccc(S(=O)(=O)N2CCc3nc4ccc(F)cn4c(=O)c3C2)c1. The molecule has 1 aliphatic rings. The molecular formula is C18H16FN3O4S. The molecule has 0 radical (unpaired) electrons. The summed E-state index contributed by atoms with van der Waals surface area (Å²) in [6.07, 6.45) is 1.36. The molecule has 4 rings (SSSR count). The molecule has 0 aliphatic carbocycles. The van der Waals surface area contributed by atoms with Crippen LogP contribution in [0.5, 0.6) is 5.75 Å². The Kier molecular flexibility index (Phi) is 4.20. The Hall–Kier alpha value is -2.78. The number of nitrogens with zero attached hydrogens (tertiary/aromatic N) is 3. The lowest BCUT2D eigenvalue weighted by Crippen LogP contribution is -2.40. The van der Waals surface area contributed by atoms with E-state index in [4.69, 9.17) is 4.74 Å². The summed E-state index contributed by atoms with van der Waals surface area (Å²) in [7, 11) is -2.35. The standard InChI is InChI=1S/C18H16FN3O4S/c1-26-13-3-2-4-14(9-13)27(24,25)21-8-7-16-15(11-21)18(23)22-10-12(19)5-6-17(22)20-16/h2-6,9-10H,7-8,11H2,1H3. The van der Waals surface area contributed by atoms with Crippen molar-refractivity contribution in [1.82, 2.24) is 13.7 Å². The third kappa shape index (κ3) is 2.98. The van der Waals surface area contributed by atoms with Gasteiger partial charge < -0.3 is 4.74 Å². The molecule has 0 N–H and O–H groups in total. The van der Waals surface area contributed by atoms with Gasteiger partial charge in [0.2, 0.25) is 10.0 Å². The van der Waals surface area contributed by atoms with Gasteiger partial charge in [-0.25, -0.2) is 17.8 Å². The van der Waals surface area contributed by atoms with Gasteiger partial charge in [-0.3, -0.25) is 9.20 Å². The molecule has 0 amide bonds. The summed E-state index contributed by atoms with van der Waals surface area (Å²) in [4.78, 5) is 17.2. The van der Waals surface area contributed by atoms with Crippen LogP contribution in [0.3, 0.4) is 0 Å². The zero-order valence-corrected chi connectivity index (χ0v) is 15.2. The van der Waals surface area contributed by atoms with Crippen LogP contribution in [0.4, 0.5) is 4.39 Å². The number of pyridine rings is 1. The number of sulfonamides is 1. The van der Waals surface area contributed by atoms with Crippen molar-refractivity contribution < 1.29 is 17.5 Å². The maximum absolute atomic E-state index is 13.5. The number of aromatic nitrogens is 2. The molecular weight excluding hydrogens is 373 g/mol. The fourth-order valence-electron chi connectivity index (χ4n) is 3.16. The first-order chi connectivity index (χ1) is 12.9. The maximum atomic E-state index is 13.5. The van der Waals surface area contributed by atoms with Crippen molar-refractivity contribution >= 4 is 15.7 Å². The second-order valence-electron chi connectivity index (χ2n) is 6.19. The van der Waals surface area contributed by atoms with E-state index in [0.29, 0.717) is 23.5 Å². The van der Waals surface area contributed by atoms with Gasteiger partial charge in [0, 0.05) is 31.8 Å². The molecule has 1 aliphatic heterocycles. The fourth-order valence-corrected chi connectivity index (χ4v) is 4.61. The Labute approximate surface area is 154 Å². The Bertz CT molecular complexity index is 1210. The van der Waals surface area contributed by atoms with Gasteiger partial charge in [-0.1, -0.05) is 6.07 Å². The van der Waals surface area contributed by atoms with Gasteiger partial charge in [-0.05, 0) is 24.3 Å². The molecule has 0 bridgehead atoms. The summed E-state index contributed by atoms with van der Waals surface area (Å²) in [5.41, 5.74) is 0.684. The van der Waals surface area contributed by atoms with Crippen molar-refractivity contribution in [2.45, 2.75) is 17.9 Å². The highest BCUT2D eigenvalue weighted by molar-refractivity contribution is 7.89. The lowest BCUT2D eigenvalue weighted by atomic mass is 10.1. The van der Waals surface area contributed by atoms with Crippen LogP contribution in [0.2, 0.25) is 0 Å². The smallest absolute Gasteiger partial charge is 0.262 e. The lowest BCUT2D eigenvalue weighted by molar-refractivity contribution is 0.383. The van der Waals surface area contributed by atoms with Gasteiger partial charge in [0.1, 0.15) is 17.2 Å². The van der Waals surface area contributed by atoms with Crippen molar-refractivity contribution in [3.05, 3.63) is 70.0 Å². The molecule has 0 fully saturated rings. The van der Waals surface area contributed by atoms with E-state index >= 15 is 0 Å². The second-order valence-corrected chi connectivity index (χ2v) is 8.12. The third-order valence-corrected chi connectivity index (χ3v) is 6.42. The van der Waals surface area contributed by atoms with Crippen LogP contribution in [0.15, 0.2) is 52.3 Å². The Morgan fingerprint density at radius 3 is 2.81 bits per heavy atom. The predicted molar refractivity (Wildman–Crippen MR) is 95.7 cm³/mol. The molecule has 3 aromatic rings. The minimum atomic E-state index is -3.81. The van der Waals surface area contributed by atoms with Crippen LogP contribution in [0.25, 0.3) is 5.65 Å². The molecule has 0 spiro atoms. The summed E-state index contributed by atoms with van der Waals surface area (Å²) in [5, 5.41) is 0. The number of methoxy groups -OCH3 is 1. The highest BCUT2D eigenvalue weighted by Gasteiger charge is 2.31. The quantitative estimate of drug-likeness (QED) is 0.680. The number of benzene rings is 1. The molecule has 9 heteroatoms. The van der Waals surface area contributed by atoms with Crippen LogP contribution in [0, 0.1) is 5.82 Å². The first-order valence-corrected chi connectivity index (χ1v) is 9.68. The molecule has 0 unspecified atom stereocenters. The van der Waals surface area contributed by atoms with Crippen LogP contribution < -0.4 is 10.3 Å². The summed E-state index contributed by atoms with van der Waals surface area (Å²) >= 11 is 0. The summed E-state index contributed by atoms with van der Waals surface area (Å²) in [5.74, 6) is -0.139. The van der Waals surface area contributed by atoms with E-state index in [9.17, 15) is 17.6 Å². The van der Waals surface area contributed by atoms with Gasteiger partial charge in [0.05, 0.1) is 23.3 Å². The molecule has 140 valence electrons. The molecule has 0 atom stereocenters. The zero-order valence-electron chi connectivity index (χ0n) is 14.4. The monoisotopic (exact) mass is 389 g/mol. The van der Waals surface area contributed by atoms with E-state index in [0.717, 1.165) is 10.6 Å². The van der Waals surface area contributed by atoms with E-state index in [1.165, 1.54) is 35.7 Å². The summed E-state index contributed by atoms with van der Waals surface area (Å²) in [6, 6.07) is 8.82. The Balaban J connectivity index is 1.77. The normalized spacial score (nSPS) is 14.9. The van der Waals surface area contributed by atoms with Crippen molar-refractivity contribution in [3.8, 4) is 5.75 Å². The van der Waals surface area contributed by atoms with E-state index in [1.54, 1.807) is 12.1 Å². The Morgan fingerprint density at radius 2 is 2.04 bits per heavy atom. The van der Waals surface area contributed by atoms with Crippen LogP contribution in [-0.4, -0.2) is 35.8 Å². The Morgan fingerprint density at radius 1 is 1.22 bits per heavy atom. The summed E-state index contributed by atoms with van der Waals surface area (Å²) in [6.45, 7) is 0.0938. The number of hydrogen-bond donors (Lipinski definition) is 0. The van der Waals surface area contributed by atoms with Crippen molar-refractivity contribution in [2.24, 2.45) is 0 Å². The number of rotatable bonds is 3. The molecule has 2 aromatic heterocycles. The third-order valence-electron chi connectivity index (χ3n) is 4.58. The molecule has 0 saturated carbocycles. The maximum Gasteiger partial charge on any atom is 0.262 e. The van der Waals surface area contributed by atoms with Crippen LogP contribution in [0.1, 0.15) is 11.3 Å². The minimum Gasteiger partial charge on any atom is -0.497 e. The fraction of sp³-hybridized carbons (Fsp3) is 0.222. The van der Waals surface area contributed by atoms with Gasteiger partial charge in [-0.2, -0.15) is 4.31 Å². The minimum absolute atomic E-state index is 0.0881. The first-order valence-electron chi connectivity index (χ1n) is 8.24. The molecule has 3 heterocycles. The van der Waals surface area contributed by atoms with Gasteiger partial charge in [0.15, 0.2) is 0 Å². The topological polar surface area (TPSA) is 81.0 Å². The van der Waals surface area contributed by atoms with Crippen molar-refractivity contribution in [1.29, 1.82) is 0 Å². The van der Waals surface area contributed by atoms with Crippen LogP contribution in [-0.2, 0) is 23.0 Å². The van der Waals surface area contributed by atoms with Crippen molar-refractivity contribution in [3.63, 3.8) is 0 Å². The van der Waals surface area contributed by atoms with Crippen molar-refractivity contribution in [2.75, 3.05) is 13.7 Å².